The molecule has 28 heavy (non-hydrogen) atoms. The normalized spacial score (nSPS) is 11.1. The molecule has 0 radical (unpaired) electrons. The van der Waals surface area contributed by atoms with Crippen LogP contribution in [0.1, 0.15) is 37.7 Å². The van der Waals surface area contributed by atoms with Crippen LogP contribution in [0.5, 0.6) is 0 Å². The number of carbonyl (C=O) groups is 2. The fourth-order valence-electron chi connectivity index (χ4n) is 2.41. The van der Waals surface area contributed by atoms with Crippen molar-refractivity contribution in [1.29, 1.82) is 0 Å². The fraction of sp³-hybridized carbons (Fsp3) is 0.250. The molecule has 3 rings (SSSR count). The molecule has 144 valence electrons. The highest BCUT2D eigenvalue weighted by Gasteiger charge is 2.16. The molecule has 0 fully saturated rings. The second kappa shape index (κ2) is 8.26. The quantitative estimate of drug-likeness (QED) is 0.674. The molecule has 3 aromatic rings. The van der Waals surface area contributed by atoms with Crippen molar-refractivity contribution in [2.75, 3.05) is 10.6 Å². The van der Waals surface area contributed by atoms with E-state index in [9.17, 15) is 9.59 Å². The van der Waals surface area contributed by atoms with Crippen molar-refractivity contribution in [3.8, 4) is 11.4 Å². The molecule has 0 aliphatic heterocycles. The van der Waals surface area contributed by atoms with Crippen molar-refractivity contribution in [2.24, 2.45) is 5.41 Å². The Labute approximate surface area is 167 Å². The van der Waals surface area contributed by atoms with Crippen molar-refractivity contribution < 1.29 is 9.59 Å². The number of thiazole rings is 1. The van der Waals surface area contributed by atoms with E-state index >= 15 is 0 Å². The molecule has 3 heterocycles. The number of nitrogens with zero attached hydrogens (tertiary/aromatic N) is 3. The Bertz CT molecular complexity index is 962. The highest BCUT2D eigenvalue weighted by Crippen LogP contribution is 2.23. The van der Waals surface area contributed by atoms with Crippen LogP contribution in [0.2, 0.25) is 0 Å². The molecular formula is C20H21N5O2S. The summed E-state index contributed by atoms with van der Waals surface area (Å²) in [6.45, 7) is 5.99. The Hall–Kier alpha value is -3.13. The average molecular weight is 395 g/mol. The molecule has 7 nitrogen and oxygen atoms in total. The van der Waals surface area contributed by atoms with Gasteiger partial charge in [-0.05, 0) is 29.7 Å². The van der Waals surface area contributed by atoms with Gasteiger partial charge in [-0.25, -0.2) is 9.97 Å². The molecule has 0 unspecified atom stereocenters. The second-order valence-electron chi connectivity index (χ2n) is 7.42. The van der Waals surface area contributed by atoms with Gasteiger partial charge in [-0.3, -0.25) is 19.9 Å². The zero-order valence-electron chi connectivity index (χ0n) is 15.9. The summed E-state index contributed by atoms with van der Waals surface area (Å²) >= 11 is 1.32. The van der Waals surface area contributed by atoms with Crippen LogP contribution in [0.15, 0.2) is 48.1 Å². The number of carbonyl (C=O) groups excluding carboxylic acids is 2. The molecule has 8 heteroatoms. The van der Waals surface area contributed by atoms with Crippen molar-refractivity contribution >= 4 is 34.0 Å². The third-order valence-electron chi connectivity index (χ3n) is 3.62. The molecule has 2 amide bonds. The van der Waals surface area contributed by atoms with Crippen LogP contribution in [-0.4, -0.2) is 26.8 Å². The van der Waals surface area contributed by atoms with E-state index in [1.807, 2.05) is 44.4 Å². The van der Waals surface area contributed by atoms with Crippen LogP contribution < -0.4 is 10.6 Å². The molecule has 0 aliphatic rings. The van der Waals surface area contributed by atoms with E-state index in [2.05, 4.69) is 25.6 Å². The minimum atomic E-state index is -0.366. The smallest absolute Gasteiger partial charge is 0.276 e. The molecular weight excluding hydrogens is 374 g/mol. The van der Waals surface area contributed by atoms with Gasteiger partial charge in [0.05, 0.1) is 17.6 Å². The lowest BCUT2D eigenvalue weighted by atomic mass is 9.92. The fourth-order valence-corrected chi connectivity index (χ4v) is 3.11. The van der Waals surface area contributed by atoms with Gasteiger partial charge in [-0.2, -0.15) is 0 Å². The highest BCUT2D eigenvalue weighted by molar-refractivity contribution is 7.14. The number of nitrogens with one attached hydrogen (secondary N) is 2. The molecule has 0 spiro atoms. The Morgan fingerprint density at radius 2 is 1.86 bits per heavy atom. The van der Waals surface area contributed by atoms with Crippen LogP contribution in [0, 0.1) is 5.41 Å². The maximum Gasteiger partial charge on any atom is 0.276 e. The third-order valence-corrected chi connectivity index (χ3v) is 4.38. The van der Waals surface area contributed by atoms with E-state index in [4.69, 9.17) is 0 Å². The summed E-state index contributed by atoms with van der Waals surface area (Å²) in [5.74, 6) is -0.453. The lowest BCUT2D eigenvalue weighted by Crippen LogP contribution is -2.20. The lowest BCUT2D eigenvalue weighted by Gasteiger charge is -2.17. The van der Waals surface area contributed by atoms with Gasteiger partial charge < -0.3 is 5.32 Å². The van der Waals surface area contributed by atoms with Crippen LogP contribution >= 0.6 is 11.3 Å². The lowest BCUT2D eigenvalue weighted by molar-refractivity contribution is -0.117. The predicted octanol–water partition coefficient (Wildman–Crippen LogP) is 4.23. The van der Waals surface area contributed by atoms with Gasteiger partial charge in [0.15, 0.2) is 5.13 Å². The van der Waals surface area contributed by atoms with Crippen LogP contribution in [0.4, 0.5) is 10.8 Å². The summed E-state index contributed by atoms with van der Waals surface area (Å²) in [5.41, 5.74) is 2.14. The molecule has 0 aromatic carbocycles. The zero-order chi connectivity index (χ0) is 20.1. The van der Waals surface area contributed by atoms with Crippen molar-refractivity contribution in [3.63, 3.8) is 0 Å². The van der Waals surface area contributed by atoms with Crippen LogP contribution in [0.3, 0.4) is 0 Å². The monoisotopic (exact) mass is 395 g/mol. The number of anilines is 2. The summed E-state index contributed by atoms with van der Waals surface area (Å²) < 4.78 is 0. The predicted molar refractivity (Wildman–Crippen MR) is 110 cm³/mol. The van der Waals surface area contributed by atoms with E-state index in [1.165, 1.54) is 17.5 Å². The number of hydrogen-bond donors (Lipinski definition) is 2. The molecule has 0 saturated carbocycles. The van der Waals surface area contributed by atoms with Crippen molar-refractivity contribution in [1.82, 2.24) is 15.0 Å². The maximum atomic E-state index is 12.4. The topological polar surface area (TPSA) is 96.9 Å². The van der Waals surface area contributed by atoms with Gasteiger partial charge in [0, 0.05) is 18.0 Å². The largest absolute Gasteiger partial charge is 0.325 e. The Morgan fingerprint density at radius 1 is 1.04 bits per heavy atom. The third kappa shape index (κ3) is 5.43. The van der Waals surface area contributed by atoms with Crippen molar-refractivity contribution in [3.05, 3.63) is 53.8 Å². The summed E-state index contributed by atoms with van der Waals surface area (Å²) in [5, 5.41) is 7.82. The number of aromatic nitrogens is 3. The van der Waals surface area contributed by atoms with Gasteiger partial charge in [-0.15, -0.1) is 11.3 Å². The number of rotatable bonds is 5. The first-order valence-electron chi connectivity index (χ1n) is 8.74. The second-order valence-corrected chi connectivity index (χ2v) is 8.28. The van der Waals surface area contributed by atoms with Crippen LogP contribution in [0.25, 0.3) is 11.4 Å². The van der Waals surface area contributed by atoms with E-state index in [-0.39, 0.29) is 22.9 Å². The van der Waals surface area contributed by atoms with Gasteiger partial charge >= 0.3 is 0 Å². The standard InChI is InChI=1S/C20H21N5O2S/c1-20(2,3)10-17(26)23-13-7-8-15(22-11-13)18(27)25-19-24-16(12-28-19)14-6-4-5-9-21-14/h4-9,11-12H,10H2,1-3H3,(H,23,26)(H,24,25,27). The molecule has 0 bridgehead atoms. The van der Waals surface area contributed by atoms with E-state index in [0.717, 1.165) is 5.69 Å². The Morgan fingerprint density at radius 3 is 2.50 bits per heavy atom. The first-order chi connectivity index (χ1) is 13.3. The number of pyridine rings is 2. The zero-order valence-corrected chi connectivity index (χ0v) is 16.7. The average Bonchev–Trinajstić information content (AvgIpc) is 3.10. The molecule has 2 N–H and O–H groups in total. The van der Waals surface area contributed by atoms with E-state index in [0.29, 0.717) is 22.9 Å². The summed E-state index contributed by atoms with van der Waals surface area (Å²) in [4.78, 5) is 37.1. The first-order valence-corrected chi connectivity index (χ1v) is 9.62. The van der Waals surface area contributed by atoms with Crippen LogP contribution in [-0.2, 0) is 4.79 Å². The van der Waals surface area contributed by atoms with E-state index in [1.54, 1.807) is 18.3 Å². The number of hydrogen-bond acceptors (Lipinski definition) is 6. The molecule has 0 aliphatic carbocycles. The minimum Gasteiger partial charge on any atom is -0.325 e. The Balaban J connectivity index is 1.61. The minimum absolute atomic E-state index is 0.0867. The molecule has 0 saturated heterocycles. The maximum absolute atomic E-state index is 12.4. The highest BCUT2D eigenvalue weighted by atomic mass is 32.1. The Kier molecular flexibility index (Phi) is 5.79. The van der Waals surface area contributed by atoms with E-state index < -0.39 is 0 Å². The van der Waals surface area contributed by atoms with Gasteiger partial charge in [0.2, 0.25) is 5.91 Å². The summed E-state index contributed by atoms with van der Waals surface area (Å²) in [7, 11) is 0. The van der Waals surface area contributed by atoms with Gasteiger partial charge in [-0.1, -0.05) is 26.8 Å². The van der Waals surface area contributed by atoms with Gasteiger partial charge in [0.25, 0.3) is 5.91 Å². The SMILES string of the molecule is CC(C)(C)CC(=O)Nc1ccc(C(=O)Nc2nc(-c3ccccn3)cs2)nc1. The molecule has 0 atom stereocenters. The summed E-state index contributed by atoms with van der Waals surface area (Å²) in [6, 6.07) is 8.79. The summed E-state index contributed by atoms with van der Waals surface area (Å²) in [6.07, 6.45) is 3.56. The van der Waals surface area contributed by atoms with Gasteiger partial charge in [0.1, 0.15) is 11.4 Å². The molecule has 3 aromatic heterocycles. The first kappa shape index (κ1) is 19.6. The number of amides is 2. The van der Waals surface area contributed by atoms with Crippen molar-refractivity contribution in [2.45, 2.75) is 27.2 Å².